The van der Waals surface area contributed by atoms with Crippen LogP contribution in [-0.4, -0.2) is 18.0 Å². The maximum Gasteiger partial charge on any atom is 0.196 e. The molecule has 0 atom stereocenters. The maximum absolute atomic E-state index is 6.04. The Kier molecular flexibility index (Phi) is 3.43. The molecule has 17 heavy (non-hydrogen) atoms. The van der Waals surface area contributed by atoms with Crippen molar-refractivity contribution in [3.8, 4) is 0 Å². The number of halogens is 1. The molecule has 1 aliphatic rings. The van der Waals surface area contributed by atoms with Gasteiger partial charge in [-0.3, -0.25) is 4.99 Å². The molecular formula is C13H18BrN3. The third-order valence-corrected chi connectivity index (χ3v) is 4.17. The third kappa shape index (κ3) is 2.06. The van der Waals surface area contributed by atoms with Crippen LogP contribution in [0, 0.1) is 0 Å². The lowest BCUT2D eigenvalue weighted by atomic mass is 9.91. The highest BCUT2D eigenvalue weighted by Crippen LogP contribution is 2.34. The van der Waals surface area contributed by atoms with Crippen molar-refractivity contribution in [2.45, 2.75) is 32.2 Å². The fourth-order valence-corrected chi connectivity index (χ4v) is 2.66. The first-order valence-corrected chi connectivity index (χ1v) is 6.78. The van der Waals surface area contributed by atoms with Crippen molar-refractivity contribution in [1.29, 1.82) is 0 Å². The maximum atomic E-state index is 6.04. The summed E-state index contributed by atoms with van der Waals surface area (Å²) in [6.45, 7) is 5.19. The van der Waals surface area contributed by atoms with Gasteiger partial charge in [0.25, 0.3) is 0 Å². The topological polar surface area (TPSA) is 41.6 Å². The SMILES string of the molecule is CCC1(CC)CN=C(N)N1c1ccc(Br)cc1. The molecule has 4 heteroatoms. The number of nitrogens with zero attached hydrogens (tertiary/aromatic N) is 2. The number of hydrogen-bond donors (Lipinski definition) is 1. The van der Waals surface area contributed by atoms with Crippen LogP contribution in [-0.2, 0) is 0 Å². The number of aliphatic imine (C=N–C) groups is 1. The molecule has 0 saturated heterocycles. The van der Waals surface area contributed by atoms with Crippen molar-refractivity contribution < 1.29 is 0 Å². The van der Waals surface area contributed by atoms with Gasteiger partial charge in [-0.25, -0.2) is 0 Å². The van der Waals surface area contributed by atoms with Crippen LogP contribution in [0.4, 0.5) is 5.69 Å². The molecule has 1 heterocycles. The molecule has 1 aromatic carbocycles. The van der Waals surface area contributed by atoms with Crippen LogP contribution in [0.25, 0.3) is 0 Å². The van der Waals surface area contributed by atoms with Gasteiger partial charge in [0.05, 0.1) is 12.1 Å². The van der Waals surface area contributed by atoms with Crippen molar-refractivity contribution in [3.05, 3.63) is 28.7 Å². The van der Waals surface area contributed by atoms with Gasteiger partial charge < -0.3 is 10.6 Å². The lowest BCUT2D eigenvalue weighted by Gasteiger charge is -2.38. The van der Waals surface area contributed by atoms with E-state index in [1.54, 1.807) is 0 Å². The molecule has 92 valence electrons. The Morgan fingerprint density at radius 2 is 1.88 bits per heavy atom. The Morgan fingerprint density at radius 3 is 2.41 bits per heavy atom. The molecule has 2 N–H and O–H groups in total. The standard InChI is InChI=1S/C13H18BrN3/c1-3-13(4-2)9-16-12(15)17(13)11-7-5-10(14)6-8-11/h5-8H,3-4,9H2,1-2H3,(H2,15,16). The molecule has 0 aromatic heterocycles. The van der Waals surface area contributed by atoms with Gasteiger partial charge in [0, 0.05) is 10.2 Å². The smallest absolute Gasteiger partial charge is 0.196 e. The number of nitrogens with two attached hydrogens (primary N) is 1. The van der Waals surface area contributed by atoms with Gasteiger partial charge in [-0.15, -0.1) is 0 Å². The van der Waals surface area contributed by atoms with Gasteiger partial charge in [-0.2, -0.15) is 0 Å². The van der Waals surface area contributed by atoms with Crippen LogP contribution in [0.1, 0.15) is 26.7 Å². The Hall–Kier alpha value is -1.03. The minimum Gasteiger partial charge on any atom is -0.369 e. The van der Waals surface area contributed by atoms with E-state index in [4.69, 9.17) is 5.73 Å². The Morgan fingerprint density at radius 1 is 1.29 bits per heavy atom. The molecule has 0 aliphatic carbocycles. The van der Waals surface area contributed by atoms with Crippen LogP contribution in [0.2, 0.25) is 0 Å². The summed E-state index contributed by atoms with van der Waals surface area (Å²) in [6, 6.07) is 8.24. The quantitative estimate of drug-likeness (QED) is 0.931. The Balaban J connectivity index is 2.40. The van der Waals surface area contributed by atoms with Crippen LogP contribution >= 0.6 is 15.9 Å². The summed E-state index contributed by atoms with van der Waals surface area (Å²) in [7, 11) is 0. The van der Waals surface area contributed by atoms with E-state index in [9.17, 15) is 0 Å². The zero-order chi connectivity index (χ0) is 12.5. The van der Waals surface area contributed by atoms with Crippen molar-refractivity contribution in [3.63, 3.8) is 0 Å². The molecule has 1 aromatic rings. The first kappa shape index (κ1) is 12.4. The first-order chi connectivity index (χ1) is 8.13. The van der Waals surface area contributed by atoms with E-state index in [1.807, 2.05) is 12.1 Å². The predicted octanol–water partition coefficient (Wildman–Crippen LogP) is 3.14. The molecule has 0 bridgehead atoms. The summed E-state index contributed by atoms with van der Waals surface area (Å²) in [5.41, 5.74) is 7.21. The van der Waals surface area contributed by atoms with Gasteiger partial charge in [0.15, 0.2) is 5.96 Å². The Labute approximate surface area is 111 Å². The van der Waals surface area contributed by atoms with E-state index < -0.39 is 0 Å². The molecule has 0 fully saturated rings. The van der Waals surface area contributed by atoms with E-state index >= 15 is 0 Å². The molecule has 0 saturated carbocycles. The summed E-state index contributed by atoms with van der Waals surface area (Å²) < 4.78 is 1.08. The van der Waals surface area contributed by atoms with Crippen LogP contribution < -0.4 is 10.6 Å². The van der Waals surface area contributed by atoms with Crippen LogP contribution in [0.15, 0.2) is 33.7 Å². The van der Waals surface area contributed by atoms with E-state index in [1.165, 1.54) is 0 Å². The molecule has 1 aliphatic heterocycles. The number of benzene rings is 1. The summed E-state index contributed by atoms with van der Waals surface area (Å²) in [4.78, 5) is 6.60. The average Bonchev–Trinajstić information content (AvgIpc) is 2.68. The van der Waals surface area contributed by atoms with Gasteiger partial charge in [-0.05, 0) is 37.1 Å². The molecule has 0 radical (unpaired) electrons. The first-order valence-electron chi connectivity index (χ1n) is 5.98. The second kappa shape index (κ2) is 4.69. The molecule has 3 nitrogen and oxygen atoms in total. The molecule has 2 rings (SSSR count). The minimum absolute atomic E-state index is 0.0535. The van der Waals surface area contributed by atoms with Crippen LogP contribution in [0.3, 0.4) is 0 Å². The van der Waals surface area contributed by atoms with Crippen LogP contribution in [0.5, 0.6) is 0 Å². The number of rotatable bonds is 3. The van der Waals surface area contributed by atoms with E-state index in [0.717, 1.165) is 29.5 Å². The van der Waals surface area contributed by atoms with E-state index in [0.29, 0.717) is 5.96 Å². The van der Waals surface area contributed by atoms with Crippen molar-refractivity contribution in [2.75, 3.05) is 11.4 Å². The molecule has 0 spiro atoms. The minimum atomic E-state index is 0.0535. The lowest BCUT2D eigenvalue weighted by Crippen LogP contribution is -2.51. The van der Waals surface area contributed by atoms with Gasteiger partial charge in [-0.1, -0.05) is 29.8 Å². The third-order valence-electron chi connectivity index (χ3n) is 3.64. The van der Waals surface area contributed by atoms with Crippen molar-refractivity contribution >= 4 is 27.6 Å². The fraction of sp³-hybridized carbons (Fsp3) is 0.462. The predicted molar refractivity (Wildman–Crippen MR) is 76.4 cm³/mol. The zero-order valence-electron chi connectivity index (χ0n) is 10.3. The molecule has 0 amide bonds. The zero-order valence-corrected chi connectivity index (χ0v) is 11.9. The summed E-state index contributed by atoms with van der Waals surface area (Å²) >= 11 is 3.45. The van der Waals surface area contributed by atoms with Crippen molar-refractivity contribution in [1.82, 2.24) is 0 Å². The second-order valence-corrected chi connectivity index (χ2v) is 5.33. The highest BCUT2D eigenvalue weighted by atomic mass is 79.9. The monoisotopic (exact) mass is 295 g/mol. The average molecular weight is 296 g/mol. The summed E-state index contributed by atoms with van der Waals surface area (Å²) in [5, 5.41) is 0. The number of anilines is 1. The normalized spacial score (nSPS) is 18.3. The highest BCUT2D eigenvalue weighted by Gasteiger charge is 2.39. The Bertz CT molecular complexity index is 421. The van der Waals surface area contributed by atoms with Gasteiger partial charge in [0.2, 0.25) is 0 Å². The van der Waals surface area contributed by atoms with Gasteiger partial charge in [0.1, 0.15) is 0 Å². The summed E-state index contributed by atoms with van der Waals surface area (Å²) in [6.07, 6.45) is 2.09. The largest absolute Gasteiger partial charge is 0.369 e. The number of hydrogen-bond acceptors (Lipinski definition) is 3. The highest BCUT2D eigenvalue weighted by molar-refractivity contribution is 9.10. The molecule has 0 unspecified atom stereocenters. The fourth-order valence-electron chi connectivity index (χ4n) is 2.40. The van der Waals surface area contributed by atoms with E-state index in [2.05, 4.69) is 51.8 Å². The van der Waals surface area contributed by atoms with Crippen molar-refractivity contribution in [2.24, 2.45) is 10.7 Å². The summed E-state index contributed by atoms with van der Waals surface area (Å²) in [5.74, 6) is 0.635. The van der Waals surface area contributed by atoms with E-state index in [-0.39, 0.29) is 5.54 Å². The molecular weight excluding hydrogens is 278 g/mol. The number of guanidine groups is 1. The lowest BCUT2D eigenvalue weighted by molar-refractivity contribution is 0.426. The van der Waals surface area contributed by atoms with Gasteiger partial charge >= 0.3 is 0 Å². The second-order valence-electron chi connectivity index (χ2n) is 4.42.